The molecular weight excluding hydrogens is 280 g/mol. The summed E-state index contributed by atoms with van der Waals surface area (Å²) in [6, 6.07) is 0. The van der Waals surface area contributed by atoms with Crippen LogP contribution >= 0.6 is 0 Å². The molecule has 0 aromatic carbocycles. The summed E-state index contributed by atoms with van der Waals surface area (Å²) in [4.78, 5) is 0. The topological polar surface area (TPSA) is 161 Å². The molecule has 0 fully saturated rings. The molecule has 0 spiro atoms. The average molecular weight is 286 g/mol. The summed E-state index contributed by atoms with van der Waals surface area (Å²) in [6.07, 6.45) is 0. The summed E-state index contributed by atoms with van der Waals surface area (Å²) in [6.45, 7) is -1.06. The van der Waals surface area contributed by atoms with E-state index in [9.17, 15) is 25.3 Å². The molecule has 0 aliphatic carbocycles. The summed E-state index contributed by atoms with van der Waals surface area (Å²) in [5.74, 6) is -1.08. The van der Waals surface area contributed by atoms with Gasteiger partial charge in [0.05, 0.1) is 6.61 Å². The fourth-order valence-electron chi connectivity index (χ4n) is 0.366. The first kappa shape index (κ1) is 14.7. The van der Waals surface area contributed by atoms with Crippen LogP contribution in [0.5, 0.6) is 0 Å². The SMILES string of the molecule is O=S(=O)(O)CCOS(=O)(=O)OS(=O)(=O)O. The van der Waals surface area contributed by atoms with Crippen molar-refractivity contribution in [3.05, 3.63) is 0 Å². The third-order valence-electron chi connectivity index (χ3n) is 0.738. The molecule has 0 aliphatic heterocycles. The van der Waals surface area contributed by atoms with Crippen LogP contribution < -0.4 is 0 Å². The predicted molar refractivity (Wildman–Crippen MR) is 43.9 cm³/mol. The molecule has 0 radical (unpaired) electrons. The highest BCUT2D eigenvalue weighted by molar-refractivity contribution is 7.94. The van der Waals surface area contributed by atoms with Gasteiger partial charge in [-0.15, -0.1) is 3.63 Å². The lowest BCUT2D eigenvalue weighted by Crippen LogP contribution is -2.19. The first-order valence-electron chi connectivity index (χ1n) is 2.94. The molecule has 0 aliphatic rings. The lowest BCUT2D eigenvalue weighted by molar-refractivity contribution is 0.276. The molecule has 13 heteroatoms. The van der Waals surface area contributed by atoms with Crippen molar-refractivity contribution in [3.63, 3.8) is 0 Å². The maximum Gasteiger partial charge on any atom is 0.416 e. The summed E-state index contributed by atoms with van der Waals surface area (Å²) in [5.41, 5.74) is 0. The monoisotopic (exact) mass is 286 g/mol. The van der Waals surface area contributed by atoms with Crippen molar-refractivity contribution >= 4 is 30.9 Å². The molecule has 92 valence electrons. The minimum absolute atomic E-state index is 1.06. The second kappa shape index (κ2) is 4.69. The van der Waals surface area contributed by atoms with Gasteiger partial charge in [0.1, 0.15) is 5.75 Å². The Kier molecular flexibility index (Phi) is 4.59. The van der Waals surface area contributed by atoms with Gasteiger partial charge < -0.3 is 0 Å². The van der Waals surface area contributed by atoms with Crippen LogP contribution in [0.2, 0.25) is 0 Å². The maximum atomic E-state index is 10.5. The second-order valence-corrected chi connectivity index (χ2v) is 6.04. The van der Waals surface area contributed by atoms with Crippen LogP contribution in [0.15, 0.2) is 0 Å². The first-order valence-corrected chi connectivity index (χ1v) is 7.25. The lowest BCUT2D eigenvalue weighted by Gasteiger charge is -2.01. The van der Waals surface area contributed by atoms with Gasteiger partial charge >= 0.3 is 20.8 Å². The molecule has 0 bridgehead atoms. The van der Waals surface area contributed by atoms with Gasteiger partial charge in [-0.2, -0.15) is 25.3 Å². The van der Waals surface area contributed by atoms with Crippen LogP contribution in [-0.4, -0.2) is 46.7 Å². The fourth-order valence-corrected chi connectivity index (χ4v) is 2.05. The van der Waals surface area contributed by atoms with Gasteiger partial charge in [-0.05, 0) is 0 Å². The fraction of sp³-hybridized carbons (Fsp3) is 1.00. The zero-order valence-electron chi connectivity index (χ0n) is 6.80. The summed E-state index contributed by atoms with van der Waals surface area (Å²) < 4.78 is 83.7. The molecule has 0 heterocycles. The van der Waals surface area contributed by atoms with Crippen molar-refractivity contribution in [2.75, 3.05) is 12.4 Å². The standard InChI is InChI=1S/C2H6O10S3/c3-13(4,5)2-1-11-15(9,10)12-14(6,7)8/h1-2H2,(H,3,4,5)(H,6,7,8). The Balaban J connectivity index is 4.32. The van der Waals surface area contributed by atoms with Crippen molar-refractivity contribution in [2.45, 2.75) is 0 Å². The summed E-state index contributed by atoms with van der Waals surface area (Å²) in [7, 11) is -14.8. The highest BCUT2D eigenvalue weighted by Gasteiger charge is 2.22. The van der Waals surface area contributed by atoms with E-state index in [0.717, 1.165) is 0 Å². The molecule has 10 nitrogen and oxygen atoms in total. The van der Waals surface area contributed by atoms with Gasteiger partial charge in [0.15, 0.2) is 0 Å². The van der Waals surface area contributed by atoms with Crippen LogP contribution in [0, 0.1) is 0 Å². The van der Waals surface area contributed by atoms with Crippen molar-refractivity contribution in [2.24, 2.45) is 0 Å². The van der Waals surface area contributed by atoms with Gasteiger partial charge in [-0.1, -0.05) is 0 Å². The van der Waals surface area contributed by atoms with Gasteiger partial charge in [0.25, 0.3) is 10.1 Å². The zero-order chi connectivity index (χ0) is 12.3. The highest BCUT2D eigenvalue weighted by Crippen LogP contribution is 2.01. The number of hydrogen-bond donors (Lipinski definition) is 2. The van der Waals surface area contributed by atoms with Crippen LogP contribution in [0.25, 0.3) is 0 Å². The molecule has 0 rings (SSSR count). The molecule has 0 aromatic rings. The van der Waals surface area contributed by atoms with E-state index < -0.39 is 43.3 Å². The van der Waals surface area contributed by atoms with Crippen LogP contribution in [0.4, 0.5) is 0 Å². The van der Waals surface area contributed by atoms with Gasteiger partial charge in [-0.25, -0.2) is 4.18 Å². The summed E-state index contributed by atoms with van der Waals surface area (Å²) >= 11 is 0. The molecule has 15 heavy (non-hydrogen) atoms. The molecular formula is C2H6O10S3. The Labute approximate surface area is 85.8 Å². The smallest absolute Gasteiger partial charge is 0.285 e. The Bertz CT molecular complexity index is 491. The van der Waals surface area contributed by atoms with Crippen LogP contribution in [0.3, 0.4) is 0 Å². The predicted octanol–water partition coefficient (Wildman–Crippen LogP) is -2.04. The maximum absolute atomic E-state index is 10.5. The minimum atomic E-state index is -5.27. The molecule has 0 saturated heterocycles. The third-order valence-corrected chi connectivity index (χ3v) is 3.23. The van der Waals surface area contributed by atoms with E-state index in [-0.39, 0.29) is 0 Å². The first-order chi connectivity index (χ1) is 6.41. The zero-order valence-corrected chi connectivity index (χ0v) is 9.25. The van der Waals surface area contributed by atoms with E-state index in [1.807, 2.05) is 0 Å². The van der Waals surface area contributed by atoms with Crippen molar-refractivity contribution in [1.82, 2.24) is 0 Å². The van der Waals surface area contributed by atoms with Gasteiger partial charge in [-0.3, -0.25) is 9.11 Å². The highest BCUT2D eigenvalue weighted by atomic mass is 32.3. The van der Waals surface area contributed by atoms with Crippen LogP contribution in [-0.2, 0) is 38.7 Å². The molecule has 2 N–H and O–H groups in total. The quantitative estimate of drug-likeness (QED) is 0.520. The van der Waals surface area contributed by atoms with Crippen molar-refractivity contribution in [1.29, 1.82) is 0 Å². The molecule has 0 saturated carbocycles. The average Bonchev–Trinajstić information content (AvgIpc) is 1.75. The lowest BCUT2D eigenvalue weighted by atomic mass is 10.9. The molecule has 0 aromatic heterocycles. The number of rotatable bonds is 6. The van der Waals surface area contributed by atoms with E-state index in [0.29, 0.717) is 0 Å². The molecule has 0 amide bonds. The number of hydrogen-bond acceptors (Lipinski definition) is 8. The van der Waals surface area contributed by atoms with E-state index in [2.05, 4.69) is 7.81 Å². The van der Waals surface area contributed by atoms with Gasteiger partial charge in [0.2, 0.25) is 0 Å². The van der Waals surface area contributed by atoms with Gasteiger partial charge in [0, 0.05) is 0 Å². The van der Waals surface area contributed by atoms with Crippen LogP contribution in [0.1, 0.15) is 0 Å². The molecule has 0 unspecified atom stereocenters. The largest absolute Gasteiger partial charge is 0.416 e. The summed E-state index contributed by atoms with van der Waals surface area (Å²) in [5, 5.41) is 0. The van der Waals surface area contributed by atoms with E-state index >= 15 is 0 Å². The van der Waals surface area contributed by atoms with E-state index in [1.165, 1.54) is 0 Å². The third kappa shape index (κ3) is 9.98. The normalized spacial score (nSPS) is 14.0. The van der Waals surface area contributed by atoms with E-state index in [1.54, 1.807) is 0 Å². The Morgan fingerprint density at radius 3 is 1.73 bits per heavy atom. The Hall–Kier alpha value is -0.310. The van der Waals surface area contributed by atoms with E-state index in [4.69, 9.17) is 9.11 Å². The Morgan fingerprint density at radius 1 is 0.933 bits per heavy atom. The second-order valence-electron chi connectivity index (χ2n) is 2.01. The van der Waals surface area contributed by atoms with Crippen molar-refractivity contribution in [3.8, 4) is 0 Å². The van der Waals surface area contributed by atoms with Crippen molar-refractivity contribution < 1.29 is 42.2 Å². The molecule has 0 atom stereocenters. The minimum Gasteiger partial charge on any atom is -0.285 e. The Morgan fingerprint density at radius 2 is 1.40 bits per heavy atom.